The molecule has 1 amide bonds. The number of amides is 1. The number of piperidine rings is 1. The van der Waals surface area contributed by atoms with E-state index in [2.05, 4.69) is 36.4 Å². The molecule has 4 unspecified atom stereocenters. The molecule has 0 aliphatic carbocycles. The van der Waals surface area contributed by atoms with E-state index in [1.807, 2.05) is 0 Å². The Morgan fingerprint density at radius 3 is 2.89 bits per heavy atom. The van der Waals surface area contributed by atoms with Gasteiger partial charge in [-0.2, -0.15) is 0 Å². The first-order valence-electron chi connectivity index (χ1n) is 7.43. The smallest absolute Gasteiger partial charge is 0.227 e. The third-order valence-electron chi connectivity index (χ3n) is 4.44. The highest BCUT2D eigenvalue weighted by Crippen LogP contribution is 2.18. The van der Waals surface area contributed by atoms with E-state index in [0.29, 0.717) is 25.3 Å². The van der Waals surface area contributed by atoms with E-state index in [9.17, 15) is 4.79 Å². The normalized spacial score (nSPS) is 36.4. The SMILES string of the molecule is CCNC1COCC1C(=O)NC1CCN(C)C(C)C1. The van der Waals surface area contributed by atoms with Crippen molar-refractivity contribution in [3.63, 3.8) is 0 Å². The molecule has 4 atom stereocenters. The maximum absolute atomic E-state index is 12.3. The number of likely N-dealkylation sites (N-methyl/N-ethyl adjacent to an activating group) is 1. The average Bonchev–Trinajstić information content (AvgIpc) is 2.83. The van der Waals surface area contributed by atoms with Crippen LogP contribution < -0.4 is 10.6 Å². The maximum atomic E-state index is 12.3. The van der Waals surface area contributed by atoms with Gasteiger partial charge in [-0.25, -0.2) is 0 Å². The molecule has 2 saturated heterocycles. The largest absolute Gasteiger partial charge is 0.379 e. The molecule has 0 saturated carbocycles. The molecule has 2 rings (SSSR count). The molecule has 0 aromatic rings. The second-order valence-corrected chi connectivity index (χ2v) is 5.87. The number of ether oxygens (including phenoxy) is 1. The molecule has 0 bridgehead atoms. The Bertz CT molecular complexity index is 311. The lowest BCUT2D eigenvalue weighted by Crippen LogP contribution is -2.51. The second kappa shape index (κ2) is 6.68. The summed E-state index contributed by atoms with van der Waals surface area (Å²) < 4.78 is 5.44. The van der Waals surface area contributed by atoms with E-state index in [1.165, 1.54) is 0 Å². The Kier molecular flexibility index (Phi) is 5.19. The molecule has 2 aliphatic rings. The van der Waals surface area contributed by atoms with E-state index in [4.69, 9.17) is 4.74 Å². The lowest BCUT2D eigenvalue weighted by molar-refractivity contribution is -0.126. The van der Waals surface area contributed by atoms with Crippen LogP contribution in [0.1, 0.15) is 26.7 Å². The van der Waals surface area contributed by atoms with Crippen LogP contribution >= 0.6 is 0 Å². The number of nitrogens with zero attached hydrogens (tertiary/aromatic N) is 1. The van der Waals surface area contributed by atoms with E-state index in [-0.39, 0.29) is 17.9 Å². The Hall–Kier alpha value is -0.650. The van der Waals surface area contributed by atoms with Crippen LogP contribution in [0.25, 0.3) is 0 Å². The summed E-state index contributed by atoms with van der Waals surface area (Å²) in [6.07, 6.45) is 2.09. The number of likely N-dealkylation sites (tertiary alicyclic amines) is 1. The Balaban J connectivity index is 1.83. The summed E-state index contributed by atoms with van der Waals surface area (Å²) in [5.41, 5.74) is 0. The Labute approximate surface area is 116 Å². The molecule has 5 nitrogen and oxygen atoms in total. The van der Waals surface area contributed by atoms with Crippen LogP contribution in [-0.4, -0.2) is 62.3 Å². The van der Waals surface area contributed by atoms with E-state index < -0.39 is 0 Å². The number of carbonyl (C=O) groups is 1. The van der Waals surface area contributed by atoms with Crippen molar-refractivity contribution < 1.29 is 9.53 Å². The summed E-state index contributed by atoms with van der Waals surface area (Å²) in [5, 5.41) is 6.55. The average molecular weight is 269 g/mol. The molecule has 0 aromatic heterocycles. The molecular formula is C14H27N3O2. The first kappa shape index (κ1) is 14.8. The number of rotatable bonds is 4. The zero-order valence-electron chi connectivity index (χ0n) is 12.3. The van der Waals surface area contributed by atoms with Gasteiger partial charge < -0.3 is 20.3 Å². The molecular weight excluding hydrogens is 242 g/mol. The molecule has 5 heteroatoms. The van der Waals surface area contributed by atoms with Gasteiger partial charge in [-0.05, 0) is 33.4 Å². The van der Waals surface area contributed by atoms with Crippen molar-refractivity contribution in [2.45, 2.75) is 44.8 Å². The van der Waals surface area contributed by atoms with Gasteiger partial charge in [0.25, 0.3) is 0 Å². The molecule has 0 aromatic carbocycles. The van der Waals surface area contributed by atoms with E-state index >= 15 is 0 Å². The van der Waals surface area contributed by atoms with Crippen molar-refractivity contribution in [2.75, 3.05) is 33.4 Å². The van der Waals surface area contributed by atoms with Crippen LogP contribution in [0.15, 0.2) is 0 Å². The van der Waals surface area contributed by atoms with Crippen molar-refractivity contribution in [3.05, 3.63) is 0 Å². The third-order valence-corrected chi connectivity index (χ3v) is 4.44. The van der Waals surface area contributed by atoms with Crippen LogP contribution in [0, 0.1) is 5.92 Å². The van der Waals surface area contributed by atoms with Crippen LogP contribution in [0.5, 0.6) is 0 Å². The predicted molar refractivity (Wildman–Crippen MR) is 75.0 cm³/mol. The highest BCUT2D eigenvalue weighted by molar-refractivity contribution is 5.80. The number of hydrogen-bond acceptors (Lipinski definition) is 4. The fourth-order valence-electron chi connectivity index (χ4n) is 3.00. The highest BCUT2D eigenvalue weighted by Gasteiger charge is 2.35. The quantitative estimate of drug-likeness (QED) is 0.766. The summed E-state index contributed by atoms with van der Waals surface area (Å²) in [5.74, 6) is 0.125. The van der Waals surface area contributed by atoms with Gasteiger partial charge in [0.05, 0.1) is 19.1 Å². The second-order valence-electron chi connectivity index (χ2n) is 5.87. The topological polar surface area (TPSA) is 53.6 Å². The van der Waals surface area contributed by atoms with Gasteiger partial charge in [0.15, 0.2) is 0 Å². The number of nitrogens with one attached hydrogen (secondary N) is 2. The Morgan fingerprint density at radius 1 is 1.42 bits per heavy atom. The first-order valence-corrected chi connectivity index (χ1v) is 7.43. The lowest BCUT2D eigenvalue weighted by atomic mass is 9.96. The molecule has 2 aliphatic heterocycles. The predicted octanol–water partition coefficient (Wildman–Crippen LogP) is 0.210. The fraction of sp³-hybridized carbons (Fsp3) is 0.929. The number of carbonyl (C=O) groups excluding carboxylic acids is 1. The van der Waals surface area contributed by atoms with Crippen LogP contribution in [0.4, 0.5) is 0 Å². The molecule has 19 heavy (non-hydrogen) atoms. The van der Waals surface area contributed by atoms with Crippen molar-refractivity contribution in [2.24, 2.45) is 5.92 Å². The lowest BCUT2D eigenvalue weighted by Gasteiger charge is -2.36. The highest BCUT2D eigenvalue weighted by atomic mass is 16.5. The molecule has 2 heterocycles. The van der Waals surface area contributed by atoms with Crippen LogP contribution in [0.2, 0.25) is 0 Å². The summed E-state index contributed by atoms with van der Waals surface area (Å²) >= 11 is 0. The molecule has 2 N–H and O–H groups in total. The van der Waals surface area contributed by atoms with Gasteiger partial charge in [0.1, 0.15) is 0 Å². The molecule has 0 spiro atoms. The summed E-state index contributed by atoms with van der Waals surface area (Å²) in [6, 6.07) is 1.04. The minimum Gasteiger partial charge on any atom is -0.379 e. The van der Waals surface area contributed by atoms with Crippen LogP contribution in [0.3, 0.4) is 0 Å². The van der Waals surface area contributed by atoms with Gasteiger partial charge in [0.2, 0.25) is 5.91 Å². The first-order chi connectivity index (χ1) is 9.11. The van der Waals surface area contributed by atoms with Gasteiger partial charge in [0, 0.05) is 24.7 Å². The van der Waals surface area contributed by atoms with Crippen molar-refractivity contribution >= 4 is 5.91 Å². The fourth-order valence-corrected chi connectivity index (χ4v) is 3.00. The maximum Gasteiger partial charge on any atom is 0.227 e. The van der Waals surface area contributed by atoms with Gasteiger partial charge in [-0.1, -0.05) is 6.92 Å². The van der Waals surface area contributed by atoms with Crippen LogP contribution in [-0.2, 0) is 9.53 Å². The summed E-state index contributed by atoms with van der Waals surface area (Å²) in [4.78, 5) is 14.7. The monoisotopic (exact) mass is 269 g/mol. The van der Waals surface area contributed by atoms with Gasteiger partial charge >= 0.3 is 0 Å². The number of hydrogen-bond donors (Lipinski definition) is 2. The van der Waals surface area contributed by atoms with Crippen molar-refractivity contribution in [1.82, 2.24) is 15.5 Å². The Morgan fingerprint density at radius 2 is 2.21 bits per heavy atom. The third kappa shape index (κ3) is 3.68. The zero-order valence-corrected chi connectivity index (χ0v) is 12.3. The van der Waals surface area contributed by atoms with Crippen molar-refractivity contribution in [1.29, 1.82) is 0 Å². The minimum atomic E-state index is -0.0325. The summed E-state index contributed by atoms with van der Waals surface area (Å²) in [7, 11) is 2.15. The minimum absolute atomic E-state index is 0.0325. The standard InChI is InChI=1S/C14H27N3O2/c1-4-15-13-9-19-8-12(13)14(18)16-11-5-6-17(3)10(2)7-11/h10-13,15H,4-9H2,1-3H3,(H,16,18). The van der Waals surface area contributed by atoms with E-state index in [0.717, 1.165) is 25.9 Å². The van der Waals surface area contributed by atoms with Crippen molar-refractivity contribution in [3.8, 4) is 0 Å². The van der Waals surface area contributed by atoms with Gasteiger partial charge in [-0.15, -0.1) is 0 Å². The zero-order chi connectivity index (χ0) is 13.8. The van der Waals surface area contributed by atoms with E-state index in [1.54, 1.807) is 0 Å². The van der Waals surface area contributed by atoms with Gasteiger partial charge in [-0.3, -0.25) is 4.79 Å². The molecule has 110 valence electrons. The molecule has 0 radical (unpaired) electrons. The molecule has 2 fully saturated rings. The summed E-state index contributed by atoms with van der Waals surface area (Å²) in [6.45, 7) is 7.42.